The van der Waals surface area contributed by atoms with Gasteiger partial charge in [-0.2, -0.15) is 0 Å². The number of aromatic nitrogens is 2. The number of aryl methyl sites for hydroxylation is 2. The van der Waals surface area contributed by atoms with Crippen LogP contribution in [0.4, 0.5) is 5.69 Å². The maximum absolute atomic E-state index is 13.1. The van der Waals surface area contributed by atoms with Gasteiger partial charge in [-0.25, -0.2) is 4.98 Å². The number of imidazole rings is 1. The average molecular weight is 587 g/mol. The predicted molar refractivity (Wildman–Crippen MR) is 159 cm³/mol. The van der Waals surface area contributed by atoms with E-state index >= 15 is 0 Å². The molecule has 0 bridgehead atoms. The molecule has 0 aliphatic rings. The Morgan fingerprint density at radius 2 is 1.90 bits per heavy atom. The summed E-state index contributed by atoms with van der Waals surface area (Å²) in [5.41, 5.74) is 7.99. The Hall–Kier alpha value is -1.91. The minimum absolute atomic E-state index is 0.0616. The summed E-state index contributed by atoms with van der Waals surface area (Å²) >= 11 is 11.9. The third-order valence-corrected chi connectivity index (χ3v) is 6.79. The summed E-state index contributed by atoms with van der Waals surface area (Å²) in [4.78, 5) is 32.2. The number of anilines is 1. The van der Waals surface area contributed by atoms with Crippen LogP contribution in [-0.4, -0.2) is 84.1 Å². The number of aldehydes is 1. The second kappa shape index (κ2) is 16.4. The van der Waals surface area contributed by atoms with E-state index in [4.69, 9.17) is 43.4 Å². The number of nitrogens with two attached hydrogens (primary N) is 1. The van der Waals surface area contributed by atoms with Crippen LogP contribution in [0.5, 0.6) is 0 Å². The van der Waals surface area contributed by atoms with Crippen LogP contribution in [0.15, 0.2) is 18.2 Å². The second-order valence-corrected chi connectivity index (χ2v) is 11.4. The summed E-state index contributed by atoms with van der Waals surface area (Å²) in [6.07, 6.45) is 2.18. The number of rotatable bonds is 19. The van der Waals surface area contributed by atoms with Crippen molar-refractivity contribution in [2.45, 2.75) is 64.6 Å². The molecule has 0 saturated heterocycles. The zero-order valence-corrected chi connectivity index (χ0v) is 25.4. The smallest absolute Gasteiger partial charge is 0.237 e. The molecule has 1 heterocycles. The molecule has 0 aliphatic heterocycles. The number of ether oxygens (including phenoxy) is 2. The minimum atomic E-state index is -1.15. The van der Waals surface area contributed by atoms with Gasteiger partial charge < -0.3 is 34.8 Å². The zero-order chi connectivity index (χ0) is 29.0. The summed E-state index contributed by atoms with van der Waals surface area (Å²) in [6, 6.07) is 5.29. The number of carbonyl (C=O) groups is 2. The van der Waals surface area contributed by atoms with Crippen LogP contribution in [0.3, 0.4) is 0 Å². The van der Waals surface area contributed by atoms with Crippen molar-refractivity contribution in [3.63, 3.8) is 0 Å². The van der Waals surface area contributed by atoms with Gasteiger partial charge in [0.15, 0.2) is 0 Å². The molecule has 0 unspecified atom stereocenters. The molecule has 2 rings (SSSR count). The van der Waals surface area contributed by atoms with Crippen molar-refractivity contribution >= 4 is 52.1 Å². The van der Waals surface area contributed by atoms with Crippen LogP contribution in [0.1, 0.15) is 46.4 Å². The first-order valence-corrected chi connectivity index (χ1v) is 14.7. The highest BCUT2D eigenvalue weighted by molar-refractivity contribution is 6.18. The molecule has 1 aromatic carbocycles. The quantitative estimate of drug-likeness (QED) is 0.147. The van der Waals surface area contributed by atoms with E-state index < -0.39 is 11.6 Å². The Labute approximate surface area is 242 Å². The first-order valence-electron chi connectivity index (χ1n) is 13.6. The van der Waals surface area contributed by atoms with Gasteiger partial charge in [-0.3, -0.25) is 4.79 Å². The average Bonchev–Trinajstić information content (AvgIpc) is 3.20. The van der Waals surface area contributed by atoms with Crippen molar-refractivity contribution in [2.75, 3.05) is 49.6 Å². The maximum atomic E-state index is 13.1. The fourth-order valence-electron chi connectivity index (χ4n) is 4.57. The molecule has 1 amide bonds. The lowest BCUT2D eigenvalue weighted by atomic mass is 9.90. The highest BCUT2D eigenvalue weighted by atomic mass is 35.5. The fourth-order valence-corrected chi connectivity index (χ4v) is 4.98. The number of nitrogens with zero attached hydrogens (tertiary/aromatic N) is 3. The van der Waals surface area contributed by atoms with Gasteiger partial charge in [-0.05, 0) is 50.8 Å². The van der Waals surface area contributed by atoms with E-state index in [1.54, 1.807) is 0 Å². The molecular formula is C28H45Cl2N5O4. The fraction of sp³-hybridized carbons (Fsp3) is 0.679. The molecule has 3 N–H and O–H groups in total. The van der Waals surface area contributed by atoms with Crippen molar-refractivity contribution in [3.8, 4) is 0 Å². The SMILES string of the molecule is CC(C)C[C@](C=O)(COCCOC(C)C)NC(=O)[C@@H](N)CCc1nc2cc(N(CCCl)CCCl)ccc2n1C. The van der Waals surface area contributed by atoms with Crippen molar-refractivity contribution in [1.82, 2.24) is 14.9 Å². The van der Waals surface area contributed by atoms with E-state index in [1.807, 2.05) is 57.5 Å². The highest BCUT2D eigenvalue weighted by Crippen LogP contribution is 2.24. The molecule has 0 spiro atoms. The number of hydrogen-bond donors (Lipinski definition) is 2. The van der Waals surface area contributed by atoms with E-state index in [1.165, 1.54) is 0 Å². The van der Waals surface area contributed by atoms with E-state index in [-0.39, 0.29) is 24.5 Å². The zero-order valence-electron chi connectivity index (χ0n) is 23.9. The normalized spacial score (nSPS) is 14.1. The Morgan fingerprint density at radius 3 is 2.49 bits per heavy atom. The van der Waals surface area contributed by atoms with Gasteiger partial charge in [0.2, 0.25) is 5.91 Å². The van der Waals surface area contributed by atoms with Crippen molar-refractivity contribution in [1.29, 1.82) is 0 Å². The lowest BCUT2D eigenvalue weighted by Crippen LogP contribution is -2.58. The van der Waals surface area contributed by atoms with Gasteiger partial charge in [-0.1, -0.05) is 13.8 Å². The van der Waals surface area contributed by atoms with E-state index in [9.17, 15) is 9.59 Å². The molecule has 0 fully saturated rings. The first kappa shape index (κ1) is 33.3. The van der Waals surface area contributed by atoms with Crippen LogP contribution >= 0.6 is 23.2 Å². The molecule has 0 aliphatic carbocycles. The number of benzene rings is 1. The van der Waals surface area contributed by atoms with Gasteiger partial charge >= 0.3 is 0 Å². The lowest BCUT2D eigenvalue weighted by molar-refractivity contribution is -0.130. The molecule has 39 heavy (non-hydrogen) atoms. The van der Waals surface area contributed by atoms with Gasteiger partial charge in [0.25, 0.3) is 0 Å². The van der Waals surface area contributed by atoms with Gasteiger partial charge in [0.05, 0.1) is 43.0 Å². The summed E-state index contributed by atoms with van der Waals surface area (Å²) in [6.45, 7) is 10.1. The lowest BCUT2D eigenvalue weighted by Gasteiger charge is -2.32. The van der Waals surface area contributed by atoms with Crippen LogP contribution in [0.2, 0.25) is 0 Å². The van der Waals surface area contributed by atoms with Crippen LogP contribution < -0.4 is 16.0 Å². The number of alkyl halides is 2. The molecule has 0 radical (unpaired) electrons. The molecule has 2 aromatic rings. The van der Waals surface area contributed by atoms with Crippen LogP contribution in [0.25, 0.3) is 11.0 Å². The summed E-state index contributed by atoms with van der Waals surface area (Å²) in [7, 11) is 1.95. The predicted octanol–water partition coefficient (Wildman–Crippen LogP) is 3.66. The maximum Gasteiger partial charge on any atom is 0.237 e. The number of hydrogen-bond acceptors (Lipinski definition) is 7. The minimum Gasteiger partial charge on any atom is -0.376 e. The van der Waals surface area contributed by atoms with E-state index in [0.717, 1.165) is 28.8 Å². The number of nitrogens with one attached hydrogen (secondary N) is 1. The van der Waals surface area contributed by atoms with Crippen LogP contribution in [-0.2, 0) is 32.5 Å². The molecule has 220 valence electrons. The number of amides is 1. The van der Waals surface area contributed by atoms with E-state index in [0.29, 0.717) is 57.3 Å². The Bertz CT molecular complexity index is 1040. The standard InChI is InChI=1S/C28H45Cl2N5O4/c1-20(2)17-28(18-36,19-38-14-15-39-21(3)4)33-27(37)23(31)7-9-26-32-24-16-22(6-8-25(24)34(26)5)35(12-10-29)13-11-30/h6,8,16,18,20-21,23H,7,9-15,17,19,31H2,1-5H3,(H,33,37)/t23-,28-/m0/s1. The largest absolute Gasteiger partial charge is 0.376 e. The first-order chi connectivity index (χ1) is 18.6. The Kier molecular flexibility index (Phi) is 14.0. The van der Waals surface area contributed by atoms with Crippen molar-refractivity contribution < 1.29 is 19.1 Å². The molecule has 1 aromatic heterocycles. The van der Waals surface area contributed by atoms with Crippen molar-refractivity contribution in [2.24, 2.45) is 18.7 Å². The second-order valence-electron chi connectivity index (χ2n) is 10.6. The monoisotopic (exact) mass is 585 g/mol. The topological polar surface area (TPSA) is 112 Å². The number of fused-ring (bicyclic) bond motifs is 1. The Morgan fingerprint density at radius 1 is 1.21 bits per heavy atom. The van der Waals surface area contributed by atoms with Gasteiger partial charge in [0, 0.05) is 44.0 Å². The number of halogens is 2. The summed E-state index contributed by atoms with van der Waals surface area (Å²) in [5, 5.41) is 2.88. The Balaban J connectivity index is 2.06. The summed E-state index contributed by atoms with van der Waals surface area (Å²) < 4.78 is 13.2. The third-order valence-electron chi connectivity index (χ3n) is 6.46. The highest BCUT2D eigenvalue weighted by Gasteiger charge is 2.34. The molecule has 11 heteroatoms. The molecule has 2 atom stereocenters. The molecule has 0 saturated carbocycles. The van der Waals surface area contributed by atoms with Crippen LogP contribution in [0, 0.1) is 5.92 Å². The van der Waals surface area contributed by atoms with Crippen molar-refractivity contribution in [3.05, 3.63) is 24.0 Å². The van der Waals surface area contributed by atoms with Gasteiger partial charge in [0.1, 0.15) is 17.6 Å². The number of carbonyl (C=O) groups excluding carboxylic acids is 2. The molecule has 9 nitrogen and oxygen atoms in total. The van der Waals surface area contributed by atoms with Gasteiger partial charge in [-0.15, -0.1) is 23.2 Å². The molecular weight excluding hydrogens is 541 g/mol. The van der Waals surface area contributed by atoms with E-state index in [2.05, 4.69) is 10.2 Å². The summed E-state index contributed by atoms with van der Waals surface area (Å²) in [5.74, 6) is 1.61. The third kappa shape index (κ3) is 10.2.